The Balaban J connectivity index is 0.00000625. The van der Waals surface area contributed by atoms with Crippen molar-refractivity contribution in [2.75, 3.05) is 59.9 Å². The third-order valence-corrected chi connectivity index (χ3v) is 4.98. The van der Waals surface area contributed by atoms with Crippen LogP contribution < -0.4 is 10.6 Å². The summed E-state index contributed by atoms with van der Waals surface area (Å²) in [6.07, 6.45) is 9.13. The number of rotatable bonds is 11. The molecule has 0 aromatic carbocycles. The van der Waals surface area contributed by atoms with Gasteiger partial charge >= 0.3 is 0 Å². The molecule has 6 heteroatoms. The second kappa shape index (κ2) is 17.0. The molecule has 0 spiro atoms. The molecule has 1 aliphatic heterocycles. The van der Waals surface area contributed by atoms with Crippen LogP contribution in [-0.4, -0.2) is 75.7 Å². The number of hydrogen-bond acceptors (Lipinski definition) is 3. The molecule has 1 heterocycles. The molecule has 0 aliphatic carbocycles. The van der Waals surface area contributed by atoms with Gasteiger partial charge in [0.05, 0.1) is 0 Å². The fourth-order valence-corrected chi connectivity index (χ4v) is 3.29. The van der Waals surface area contributed by atoms with Crippen molar-refractivity contribution >= 4 is 29.9 Å². The van der Waals surface area contributed by atoms with Crippen LogP contribution in [0.2, 0.25) is 0 Å². The predicted octanol–water partition coefficient (Wildman–Crippen LogP) is 3.40. The van der Waals surface area contributed by atoms with Gasteiger partial charge < -0.3 is 20.4 Å². The maximum atomic E-state index is 4.33. The first-order valence-electron chi connectivity index (χ1n) is 10.5. The third kappa shape index (κ3) is 14.0. The minimum Gasteiger partial charge on any atom is -0.356 e. The van der Waals surface area contributed by atoms with Crippen molar-refractivity contribution < 1.29 is 0 Å². The lowest BCUT2D eigenvalue weighted by atomic mass is 10.0. The van der Waals surface area contributed by atoms with Crippen LogP contribution in [0.25, 0.3) is 0 Å². The lowest BCUT2D eigenvalue weighted by molar-refractivity contribution is 0.274. The van der Waals surface area contributed by atoms with Gasteiger partial charge in [0.2, 0.25) is 0 Å². The van der Waals surface area contributed by atoms with Crippen molar-refractivity contribution in [3.05, 3.63) is 0 Å². The molecule has 0 saturated carbocycles. The van der Waals surface area contributed by atoms with Crippen LogP contribution in [0.3, 0.4) is 0 Å². The van der Waals surface area contributed by atoms with E-state index in [0.717, 1.165) is 25.0 Å². The molecule has 0 aromatic rings. The van der Waals surface area contributed by atoms with E-state index in [1.54, 1.807) is 0 Å². The quantitative estimate of drug-likeness (QED) is 0.206. The normalized spacial score (nSPS) is 17.0. The van der Waals surface area contributed by atoms with Crippen LogP contribution in [0, 0.1) is 5.92 Å². The highest BCUT2D eigenvalue weighted by Crippen LogP contribution is 2.08. The Morgan fingerprint density at radius 2 is 1.62 bits per heavy atom. The molecule has 0 atom stereocenters. The Morgan fingerprint density at radius 3 is 2.31 bits per heavy atom. The maximum Gasteiger partial charge on any atom is 0.190 e. The zero-order valence-electron chi connectivity index (χ0n) is 17.7. The zero-order chi connectivity index (χ0) is 18.3. The molecule has 0 unspecified atom stereocenters. The van der Waals surface area contributed by atoms with E-state index >= 15 is 0 Å². The monoisotopic (exact) mass is 481 g/mol. The molecule has 5 nitrogen and oxygen atoms in total. The molecule has 1 rings (SSSR count). The van der Waals surface area contributed by atoms with Gasteiger partial charge in [-0.25, -0.2) is 0 Å². The first-order chi connectivity index (χ1) is 12.1. The first kappa shape index (κ1) is 25.9. The third-order valence-electron chi connectivity index (χ3n) is 4.98. The van der Waals surface area contributed by atoms with E-state index in [-0.39, 0.29) is 24.0 Å². The highest BCUT2D eigenvalue weighted by atomic mass is 127. The summed E-state index contributed by atoms with van der Waals surface area (Å²) >= 11 is 0. The molecular formula is C20H44IN5. The van der Waals surface area contributed by atoms with E-state index in [1.807, 2.05) is 7.05 Å². The Labute approximate surface area is 179 Å². The lowest BCUT2D eigenvalue weighted by Gasteiger charge is -2.20. The number of halogens is 1. The summed E-state index contributed by atoms with van der Waals surface area (Å²) in [4.78, 5) is 9.36. The van der Waals surface area contributed by atoms with Crippen LogP contribution >= 0.6 is 24.0 Å². The Morgan fingerprint density at radius 1 is 0.923 bits per heavy atom. The number of guanidine groups is 1. The van der Waals surface area contributed by atoms with E-state index in [2.05, 4.69) is 46.3 Å². The largest absolute Gasteiger partial charge is 0.356 e. The fraction of sp³-hybridized carbons (Fsp3) is 0.950. The van der Waals surface area contributed by atoms with E-state index in [0.29, 0.717) is 0 Å². The summed E-state index contributed by atoms with van der Waals surface area (Å²) < 4.78 is 0. The maximum absolute atomic E-state index is 4.33. The topological polar surface area (TPSA) is 42.9 Å². The molecule has 1 aliphatic rings. The van der Waals surface area contributed by atoms with Gasteiger partial charge in [0.25, 0.3) is 0 Å². The minimum atomic E-state index is 0. The molecule has 0 amide bonds. The van der Waals surface area contributed by atoms with E-state index in [9.17, 15) is 0 Å². The standard InChI is InChI=1S/C20H43N5.HI/c1-19(2)11-7-5-6-8-12-22-20(21-3)23-13-9-15-25-16-10-14-24(4)17-18-25;/h19H,5-18H2,1-4H3,(H2,21,22,23);1H. The second-order valence-corrected chi connectivity index (χ2v) is 7.87. The molecule has 0 bridgehead atoms. The van der Waals surface area contributed by atoms with E-state index in [1.165, 1.54) is 77.7 Å². The summed E-state index contributed by atoms with van der Waals surface area (Å²) in [6.45, 7) is 12.7. The van der Waals surface area contributed by atoms with Crippen LogP contribution in [0.15, 0.2) is 4.99 Å². The number of nitrogens with one attached hydrogen (secondary N) is 2. The van der Waals surface area contributed by atoms with E-state index < -0.39 is 0 Å². The van der Waals surface area contributed by atoms with Crippen molar-refractivity contribution in [1.82, 2.24) is 20.4 Å². The van der Waals surface area contributed by atoms with Crippen LogP contribution in [0.1, 0.15) is 58.8 Å². The minimum absolute atomic E-state index is 0. The first-order valence-corrected chi connectivity index (χ1v) is 10.5. The van der Waals surface area contributed by atoms with E-state index in [4.69, 9.17) is 0 Å². The highest BCUT2D eigenvalue weighted by Gasteiger charge is 2.11. The van der Waals surface area contributed by atoms with Gasteiger partial charge in [0, 0.05) is 33.2 Å². The molecular weight excluding hydrogens is 437 g/mol. The molecule has 0 aromatic heterocycles. The molecule has 2 N–H and O–H groups in total. The summed E-state index contributed by atoms with van der Waals surface area (Å²) in [7, 11) is 4.09. The summed E-state index contributed by atoms with van der Waals surface area (Å²) in [5, 5.41) is 6.89. The van der Waals surface area contributed by atoms with Gasteiger partial charge in [-0.2, -0.15) is 0 Å². The van der Waals surface area contributed by atoms with Crippen LogP contribution in [-0.2, 0) is 0 Å². The number of likely N-dealkylation sites (N-methyl/N-ethyl adjacent to an activating group) is 1. The summed E-state index contributed by atoms with van der Waals surface area (Å²) in [6, 6.07) is 0. The zero-order valence-corrected chi connectivity index (χ0v) is 20.1. The van der Waals surface area contributed by atoms with Crippen LogP contribution in [0.4, 0.5) is 0 Å². The Bertz CT molecular complexity index is 349. The molecule has 1 fully saturated rings. The molecule has 156 valence electrons. The number of nitrogens with zero attached hydrogens (tertiary/aromatic N) is 3. The van der Waals surface area contributed by atoms with Gasteiger partial charge in [-0.1, -0.05) is 39.5 Å². The molecule has 26 heavy (non-hydrogen) atoms. The average Bonchev–Trinajstić information content (AvgIpc) is 2.80. The van der Waals surface area contributed by atoms with Crippen molar-refractivity contribution in [3.63, 3.8) is 0 Å². The van der Waals surface area contributed by atoms with Gasteiger partial charge in [-0.05, 0) is 51.9 Å². The van der Waals surface area contributed by atoms with Crippen LogP contribution in [0.5, 0.6) is 0 Å². The second-order valence-electron chi connectivity index (χ2n) is 7.87. The predicted molar refractivity (Wildman–Crippen MR) is 126 cm³/mol. The highest BCUT2D eigenvalue weighted by molar-refractivity contribution is 14.0. The number of aliphatic imine (C=N–C) groups is 1. The van der Waals surface area contributed by atoms with Gasteiger partial charge in [0.1, 0.15) is 0 Å². The van der Waals surface area contributed by atoms with Crippen molar-refractivity contribution in [2.24, 2.45) is 10.9 Å². The molecule has 0 radical (unpaired) electrons. The Hall–Kier alpha value is -0.0800. The summed E-state index contributed by atoms with van der Waals surface area (Å²) in [5.74, 6) is 1.80. The Kier molecular flexibility index (Phi) is 17.0. The molecule has 1 saturated heterocycles. The SMILES string of the molecule is CN=C(NCCCCCCC(C)C)NCCCN1CCCN(C)CC1.I. The van der Waals surface area contributed by atoms with Gasteiger partial charge in [-0.3, -0.25) is 4.99 Å². The number of unbranched alkanes of at least 4 members (excludes halogenated alkanes) is 3. The lowest BCUT2D eigenvalue weighted by Crippen LogP contribution is -2.39. The average molecular weight is 482 g/mol. The number of hydrogen-bond donors (Lipinski definition) is 2. The smallest absolute Gasteiger partial charge is 0.190 e. The van der Waals surface area contributed by atoms with Gasteiger partial charge in [-0.15, -0.1) is 24.0 Å². The van der Waals surface area contributed by atoms with Crippen molar-refractivity contribution in [2.45, 2.75) is 58.8 Å². The van der Waals surface area contributed by atoms with Gasteiger partial charge in [0.15, 0.2) is 5.96 Å². The van der Waals surface area contributed by atoms with Crippen molar-refractivity contribution in [1.29, 1.82) is 0 Å². The summed E-state index contributed by atoms with van der Waals surface area (Å²) in [5.41, 5.74) is 0. The van der Waals surface area contributed by atoms with Crippen molar-refractivity contribution in [3.8, 4) is 0 Å². The fourth-order valence-electron chi connectivity index (χ4n) is 3.29.